The van der Waals surface area contributed by atoms with Crippen LogP contribution in [0.1, 0.15) is 50.9 Å². The van der Waals surface area contributed by atoms with Gasteiger partial charge in [0.2, 0.25) is 0 Å². The standard InChI is InChI=1S/C17H24BNO5/c1-16(2)17(3,4)24-18(23-16)13-9-7-12(8-10-13)15(22)19-11-5-6-14(20)21/h7-10H,5-6,11H2,1-4H3,(H,19,22)(H,20,21). The summed E-state index contributed by atoms with van der Waals surface area (Å²) in [7, 11) is -0.456. The first-order valence-corrected chi connectivity index (χ1v) is 8.08. The summed E-state index contributed by atoms with van der Waals surface area (Å²) in [5.41, 5.74) is 0.567. The third kappa shape index (κ3) is 4.16. The summed E-state index contributed by atoms with van der Waals surface area (Å²) in [5.74, 6) is -1.09. The van der Waals surface area contributed by atoms with Gasteiger partial charge >= 0.3 is 13.1 Å². The van der Waals surface area contributed by atoms with Crippen molar-refractivity contribution in [3.8, 4) is 0 Å². The van der Waals surface area contributed by atoms with Crippen LogP contribution in [0.5, 0.6) is 0 Å². The molecule has 0 bridgehead atoms. The Morgan fingerprint density at radius 2 is 1.62 bits per heavy atom. The summed E-state index contributed by atoms with van der Waals surface area (Å²) in [5, 5.41) is 11.3. The van der Waals surface area contributed by atoms with E-state index in [0.717, 1.165) is 5.46 Å². The number of carboxylic acids is 1. The van der Waals surface area contributed by atoms with E-state index in [1.807, 2.05) is 39.8 Å². The van der Waals surface area contributed by atoms with E-state index < -0.39 is 24.3 Å². The molecular formula is C17H24BNO5. The molecule has 1 aromatic rings. The molecule has 1 aromatic carbocycles. The van der Waals surface area contributed by atoms with E-state index in [2.05, 4.69) is 5.32 Å². The summed E-state index contributed by atoms with van der Waals surface area (Å²) in [6.07, 6.45) is 0.453. The van der Waals surface area contributed by atoms with Gasteiger partial charge in [0.25, 0.3) is 5.91 Å². The van der Waals surface area contributed by atoms with Gasteiger partial charge in [-0.2, -0.15) is 0 Å². The zero-order valence-electron chi connectivity index (χ0n) is 14.6. The molecule has 0 aromatic heterocycles. The maximum atomic E-state index is 12.0. The van der Waals surface area contributed by atoms with Crippen LogP contribution in [-0.2, 0) is 14.1 Å². The highest BCUT2D eigenvalue weighted by molar-refractivity contribution is 6.62. The largest absolute Gasteiger partial charge is 0.494 e. The van der Waals surface area contributed by atoms with Gasteiger partial charge in [0.15, 0.2) is 0 Å². The van der Waals surface area contributed by atoms with E-state index in [-0.39, 0.29) is 12.3 Å². The SMILES string of the molecule is CC1(C)OB(c2ccc(C(=O)NCCCC(=O)O)cc2)OC1(C)C. The number of carbonyl (C=O) groups excluding carboxylic acids is 1. The molecule has 24 heavy (non-hydrogen) atoms. The zero-order chi connectivity index (χ0) is 18.0. The summed E-state index contributed by atoms with van der Waals surface area (Å²) >= 11 is 0. The summed E-state index contributed by atoms with van der Waals surface area (Å²) < 4.78 is 11.9. The van der Waals surface area contributed by atoms with Crippen LogP contribution in [-0.4, -0.2) is 41.8 Å². The molecule has 6 nitrogen and oxygen atoms in total. The third-order valence-electron chi connectivity index (χ3n) is 4.55. The average Bonchev–Trinajstić information content (AvgIpc) is 2.72. The van der Waals surface area contributed by atoms with Crippen LogP contribution in [0.4, 0.5) is 0 Å². The molecule has 2 N–H and O–H groups in total. The molecule has 2 rings (SSSR count). The number of carbonyl (C=O) groups is 2. The van der Waals surface area contributed by atoms with Crippen molar-refractivity contribution in [2.24, 2.45) is 0 Å². The number of hydrogen-bond acceptors (Lipinski definition) is 4. The van der Waals surface area contributed by atoms with Crippen molar-refractivity contribution >= 4 is 24.5 Å². The summed E-state index contributed by atoms with van der Waals surface area (Å²) in [6.45, 7) is 8.31. The first-order valence-electron chi connectivity index (χ1n) is 8.08. The Hall–Kier alpha value is -1.86. The molecule has 7 heteroatoms. The van der Waals surface area contributed by atoms with E-state index in [1.165, 1.54) is 0 Å². The second kappa shape index (κ2) is 6.95. The molecule has 0 aliphatic carbocycles. The normalized spacial score (nSPS) is 18.4. The number of carboxylic acid groups (broad SMARTS) is 1. The maximum Gasteiger partial charge on any atom is 0.494 e. The van der Waals surface area contributed by atoms with Gasteiger partial charge in [0, 0.05) is 18.5 Å². The van der Waals surface area contributed by atoms with Crippen molar-refractivity contribution in [1.82, 2.24) is 5.32 Å². The van der Waals surface area contributed by atoms with Gasteiger partial charge in [-0.25, -0.2) is 0 Å². The second-order valence-electron chi connectivity index (χ2n) is 6.96. The van der Waals surface area contributed by atoms with E-state index in [4.69, 9.17) is 14.4 Å². The molecule has 1 aliphatic heterocycles. The molecule has 0 saturated carbocycles. The predicted octanol–water partition coefficient (Wildman–Crippen LogP) is 1.58. The summed E-state index contributed by atoms with van der Waals surface area (Å²) in [4.78, 5) is 22.4. The van der Waals surface area contributed by atoms with E-state index in [9.17, 15) is 9.59 Å². The number of nitrogens with one attached hydrogen (secondary N) is 1. The van der Waals surface area contributed by atoms with Gasteiger partial charge in [-0.15, -0.1) is 0 Å². The first kappa shape index (κ1) is 18.5. The van der Waals surface area contributed by atoms with Crippen molar-refractivity contribution in [1.29, 1.82) is 0 Å². The lowest BCUT2D eigenvalue weighted by atomic mass is 9.79. The van der Waals surface area contributed by atoms with E-state index >= 15 is 0 Å². The minimum Gasteiger partial charge on any atom is -0.481 e. The molecular weight excluding hydrogens is 309 g/mol. The van der Waals surface area contributed by atoms with Gasteiger partial charge in [-0.3, -0.25) is 9.59 Å². The maximum absolute atomic E-state index is 12.0. The lowest BCUT2D eigenvalue weighted by Crippen LogP contribution is -2.41. The molecule has 1 aliphatic rings. The molecule has 0 spiro atoms. The highest BCUT2D eigenvalue weighted by Gasteiger charge is 2.51. The number of hydrogen-bond donors (Lipinski definition) is 2. The van der Waals surface area contributed by atoms with Crippen LogP contribution in [0.15, 0.2) is 24.3 Å². The van der Waals surface area contributed by atoms with Crippen LogP contribution >= 0.6 is 0 Å². The summed E-state index contributed by atoms with van der Waals surface area (Å²) in [6, 6.07) is 7.06. The number of rotatable bonds is 6. The molecule has 1 fully saturated rings. The van der Waals surface area contributed by atoms with Crippen LogP contribution in [0.2, 0.25) is 0 Å². The van der Waals surface area contributed by atoms with Crippen molar-refractivity contribution < 1.29 is 24.0 Å². The third-order valence-corrected chi connectivity index (χ3v) is 4.55. The number of benzene rings is 1. The second-order valence-corrected chi connectivity index (χ2v) is 6.96. The Morgan fingerprint density at radius 3 is 2.12 bits per heavy atom. The fourth-order valence-corrected chi connectivity index (χ4v) is 2.31. The highest BCUT2D eigenvalue weighted by Crippen LogP contribution is 2.36. The zero-order valence-corrected chi connectivity index (χ0v) is 14.6. The van der Waals surface area contributed by atoms with Crippen LogP contribution in [0, 0.1) is 0 Å². The monoisotopic (exact) mass is 333 g/mol. The van der Waals surface area contributed by atoms with E-state index in [0.29, 0.717) is 18.5 Å². The first-order chi connectivity index (χ1) is 11.1. The predicted molar refractivity (Wildman–Crippen MR) is 91.4 cm³/mol. The van der Waals surface area contributed by atoms with Crippen LogP contribution in [0.25, 0.3) is 0 Å². The van der Waals surface area contributed by atoms with Crippen molar-refractivity contribution in [2.45, 2.75) is 51.7 Å². The molecule has 1 amide bonds. The van der Waals surface area contributed by atoms with E-state index in [1.54, 1.807) is 12.1 Å². The van der Waals surface area contributed by atoms with Crippen molar-refractivity contribution in [2.75, 3.05) is 6.54 Å². The molecule has 1 heterocycles. The topological polar surface area (TPSA) is 84.9 Å². The molecule has 0 unspecified atom stereocenters. The molecule has 0 atom stereocenters. The minimum atomic E-state index is -0.865. The Balaban J connectivity index is 1.94. The Morgan fingerprint density at radius 1 is 1.08 bits per heavy atom. The fraction of sp³-hybridized carbons (Fsp3) is 0.529. The minimum absolute atomic E-state index is 0.0428. The van der Waals surface area contributed by atoms with Gasteiger partial charge < -0.3 is 19.7 Å². The Labute approximate surface area is 142 Å². The van der Waals surface area contributed by atoms with Gasteiger partial charge in [-0.1, -0.05) is 12.1 Å². The van der Waals surface area contributed by atoms with Crippen LogP contribution < -0.4 is 10.8 Å². The number of amides is 1. The lowest BCUT2D eigenvalue weighted by molar-refractivity contribution is -0.137. The fourth-order valence-electron chi connectivity index (χ4n) is 2.31. The van der Waals surface area contributed by atoms with Crippen molar-refractivity contribution in [3.05, 3.63) is 29.8 Å². The number of aliphatic carboxylic acids is 1. The van der Waals surface area contributed by atoms with Gasteiger partial charge in [0.1, 0.15) is 0 Å². The molecule has 1 saturated heterocycles. The molecule has 130 valence electrons. The quantitative estimate of drug-likeness (QED) is 0.610. The Bertz CT molecular complexity index is 596. The van der Waals surface area contributed by atoms with Crippen LogP contribution in [0.3, 0.4) is 0 Å². The lowest BCUT2D eigenvalue weighted by Gasteiger charge is -2.32. The van der Waals surface area contributed by atoms with Gasteiger partial charge in [0.05, 0.1) is 11.2 Å². The van der Waals surface area contributed by atoms with Crippen molar-refractivity contribution in [3.63, 3.8) is 0 Å². The smallest absolute Gasteiger partial charge is 0.481 e. The highest BCUT2D eigenvalue weighted by atomic mass is 16.7. The molecule has 0 radical (unpaired) electrons. The average molecular weight is 333 g/mol. The Kier molecular flexibility index (Phi) is 5.35. The van der Waals surface area contributed by atoms with Gasteiger partial charge in [-0.05, 0) is 51.7 Å².